The van der Waals surface area contributed by atoms with Gasteiger partial charge in [-0.25, -0.2) is 0 Å². The second kappa shape index (κ2) is 4.67. The molecule has 4 nitrogen and oxygen atoms in total. The number of nitrogens with two attached hydrogens (primary N) is 1. The molecule has 0 aliphatic heterocycles. The first-order valence-electron chi connectivity index (χ1n) is 5.75. The van der Waals surface area contributed by atoms with Gasteiger partial charge in [0, 0.05) is 0 Å². The van der Waals surface area contributed by atoms with E-state index in [1.807, 2.05) is 0 Å². The Bertz CT molecular complexity index is 341. The number of aromatic nitrogens is 2. The van der Waals surface area contributed by atoms with E-state index in [1.54, 1.807) is 0 Å². The van der Waals surface area contributed by atoms with Crippen LogP contribution < -0.4 is 5.73 Å². The first-order chi connectivity index (χ1) is 7.55. The third-order valence-corrected chi connectivity index (χ3v) is 3.94. The van der Waals surface area contributed by atoms with Crippen molar-refractivity contribution in [2.24, 2.45) is 5.41 Å². The molecule has 0 amide bonds. The van der Waals surface area contributed by atoms with Gasteiger partial charge in [0.05, 0.1) is 6.10 Å². The zero-order valence-electron chi connectivity index (χ0n) is 9.90. The highest BCUT2D eigenvalue weighted by molar-refractivity contribution is 7.15. The minimum Gasteiger partial charge on any atom is -0.374 e. The molecule has 1 aromatic heterocycles. The van der Waals surface area contributed by atoms with Gasteiger partial charge in [0.1, 0.15) is 11.6 Å². The smallest absolute Gasteiger partial charge is 0.203 e. The molecule has 0 spiro atoms. The van der Waals surface area contributed by atoms with Gasteiger partial charge >= 0.3 is 0 Å². The van der Waals surface area contributed by atoms with E-state index in [1.165, 1.54) is 24.2 Å². The lowest BCUT2D eigenvalue weighted by Gasteiger charge is -2.33. The van der Waals surface area contributed by atoms with E-state index in [0.29, 0.717) is 23.3 Å². The first kappa shape index (κ1) is 11.8. The SMILES string of the molecule is CC1(C)CCC(OCc2nnc(N)s2)CC1. The maximum atomic E-state index is 5.83. The third kappa shape index (κ3) is 3.15. The van der Waals surface area contributed by atoms with Gasteiger partial charge in [-0.15, -0.1) is 10.2 Å². The Morgan fingerprint density at radius 3 is 2.62 bits per heavy atom. The Balaban J connectivity index is 1.75. The van der Waals surface area contributed by atoms with Crippen LogP contribution in [-0.4, -0.2) is 16.3 Å². The molecule has 5 heteroatoms. The molecule has 0 unspecified atom stereocenters. The number of hydrogen-bond donors (Lipinski definition) is 1. The van der Waals surface area contributed by atoms with Crippen molar-refractivity contribution in [2.45, 2.75) is 52.2 Å². The quantitative estimate of drug-likeness (QED) is 0.883. The van der Waals surface area contributed by atoms with Gasteiger partial charge in [0.25, 0.3) is 0 Å². The summed E-state index contributed by atoms with van der Waals surface area (Å²) in [5.74, 6) is 0. The third-order valence-electron chi connectivity index (χ3n) is 3.21. The fourth-order valence-electron chi connectivity index (χ4n) is 2.05. The standard InChI is InChI=1S/C11H19N3OS/c1-11(2)5-3-8(4-6-11)15-7-9-13-14-10(12)16-9/h8H,3-7H2,1-2H3,(H2,12,14). The Hall–Kier alpha value is -0.680. The molecule has 1 aliphatic rings. The average molecular weight is 241 g/mol. The van der Waals surface area contributed by atoms with Crippen LogP contribution in [0.1, 0.15) is 44.5 Å². The van der Waals surface area contributed by atoms with Gasteiger partial charge in [-0.2, -0.15) is 0 Å². The molecule has 2 rings (SSSR count). The lowest BCUT2D eigenvalue weighted by Crippen LogP contribution is -2.26. The normalized spacial score (nSPS) is 21.1. The van der Waals surface area contributed by atoms with Gasteiger partial charge in [0.2, 0.25) is 5.13 Å². The van der Waals surface area contributed by atoms with E-state index in [0.717, 1.165) is 17.8 Å². The largest absolute Gasteiger partial charge is 0.374 e. The molecule has 0 aromatic carbocycles. The van der Waals surface area contributed by atoms with Crippen LogP contribution in [0.4, 0.5) is 5.13 Å². The average Bonchev–Trinajstić information content (AvgIpc) is 2.63. The van der Waals surface area contributed by atoms with E-state index in [4.69, 9.17) is 10.5 Å². The molecule has 1 heterocycles. The molecule has 16 heavy (non-hydrogen) atoms. The molecule has 0 atom stereocenters. The van der Waals surface area contributed by atoms with Crippen LogP contribution >= 0.6 is 11.3 Å². The topological polar surface area (TPSA) is 61.0 Å². The molecule has 2 N–H and O–H groups in total. The van der Waals surface area contributed by atoms with Crippen LogP contribution in [-0.2, 0) is 11.3 Å². The van der Waals surface area contributed by atoms with E-state index >= 15 is 0 Å². The van der Waals surface area contributed by atoms with Gasteiger partial charge in [-0.05, 0) is 31.1 Å². The second-order valence-electron chi connectivity index (χ2n) is 5.21. The highest BCUT2D eigenvalue weighted by Gasteiger charge is 2.27. The van der Waals surface area contributed by atoms with E-state index in [-0.39, 0.29) is 0 Å². The molecule has 1 aromatic rings. The summed E-state index contributed by atoms with van der Waals surface area (Å²) in [5, 5.41) is 9.11. The van der Waals surface area contributed by atoms with Crippen LogP contribution in [0.15, 0.2) is 0 Å². The van der Waals surface area contributed by atoms with Crippen LogP contribution in [0.2, 0.25) is 0 Å². The van der Waals surface area contributed by atoms with Crippen molar-refractivity contribution in [3.63, 3.8) is 0 Å². The Kier molecular flexibility index (Phi) is 3.44. The summed E-state index contributed by atoms with van der Waals surface area (Å²) in [6.45, 7) is 5.21. The second-order valence-corrected chi connectivity index (χ2v) is 6.30. The van der Waals surface area contributed by atoms with Crippen molar-refractivity contribution >= 4 is 16.5 Å². The summed E-state index contributed by atoms with van der Waals surface area (Å²) in [7, 11) is 0. The summed E-state index contributed by atoms with van der Waals surface area (Å²) >= 11 is 1.41. The van der Waals surface area contributed by atoms with Crippen molar-refractivity contribution < 1.29 is 4.74 Å². The number of ether oxygens (including phenoxy) is 1. The van der Waals surface area contributed by atoms with E-state index < -0.39 is 0 Å². The molecule has 1 aliphatic carbocycles. The summed E-state index contributed by atoms with van der Waals surface area (Å²) in [6, 6.07) is 0. The lowest BCUT2D eigenvalue weighted by molar-refractivity contribution is -0.00582. The van der Waals surface area contributed by atoms with Crippen LogP contribution in [0, 0.1) is 5.41 Å². The highest BCUT2D eigenvalue weighted by atomic mass is 32.1. The lowest BCUT2D eigenvalue weighted by atomic mass is 9.76. The number of nitrogen functional groups attached to an aromatic ring is 1. The van der Waals surface area contributed by atoms with E-state index in [2.05, 4.69) is 24.0 Å². The van der Waals surface area contributed by atoms with Gasteiger partial charge in [0.15, 0.2) is 0 Å². The monoisotopic (exact) mass is 241 g/mol. The fourth-order valence-corrected chi connectivity index (χ4v) is 2.59. The first-order valence-corrected chi connectivity index (χ1v) is 6.56. The minimum atomic E-state index is 0.387. The van der Waals surface area contributed by atoms with Crippen molar-refractivity contribution in [3.05, 3.63) is 5.01 Å². The predicted octanol–water partition coefficient (Wildman–Crippen LogP) is 2.61. The maximum Gasteiger partial charge on any atom is 0.203 e. The molecule has 0 saturated heterocycles. The number of hydrogen-bond acceptors (Lipinski definition) is 5. The zero-order chi connectivity index (χ0) is 11.6. The summed E-state index contributed by atoms with van der Waals surface area (Å²) in [5.41, 5.74) is 6.01. The molecule has 1 fully saturated rings. The molecule has 90 valence electrons. The van der Waals surface area contributed by atoms with Crippen molar-refractivity contribution in [1.29, 1.82) is 0 Å². The predicted molar refractivity (Wildman–Crippen MR) is 65.1 cm³/mol. The summed E-state index contributed by atoms with van der Waals surface area (Å²) in [6.07, 6.45) is 5.19. The summed E-state index contributed by atoms with van der Waals surface area (Å²) in [4.78, 5) is 0. The highest BCUT2D eigenvalue weighted by Crippen LogP contribution is 2.36. The van der Waals surface area contributed by atoms with Gasteiger partial charge in [-0.1, -0.05) is 25.2 Å². The van der Waals surface area contributed by atoms with Crippen LogP contribution in [0.3, 0.4) is 0 Å². The van der Waals surface area contributed by atoms with Gasteiger partial charge < -0.3 is 10.5 Å². The van der Waals surface area contributed by atoms with Gasteiger partial charge in [-0.3, -0.25) is 0 Å². The Morgan fingerprint density at radius 1 is 1.38 bits per heavy atom. The molecule has 0 bridgehead atoms. The van der Waals surface area contributed by atoms with Crippen molar-refractivity contribution in [2.75, 3.05) is 5.73 Å². The summed E-state index contributed by atoms with van der Waals surface area (Å²) < 4.78 is 5.83. The molecular weight excluding hydrogens is 222 g/mol. The Morgan fingerprint density at radius 2 is 2.06 bits per heavy atom. The van der Waals surface area contributed by atoms with Crippen molar-refractivity contribution in [1.82, 2.24) is 10.2 Å². The molecule has 0 radical (unpaired) electrons. The van der Waals surface area contributed by atoms with E-state index in [9.17, 15) is 0 Å². The number of anilines is 1. The Labute approximate surface area is 100 Å². The molecular formula is C11H19N3OS. The van der Waals surface area contributed by atoms with Crippen LogP contribution in [0.25, 0.3) is 0 Å². The molecule has 1 saturated carbocycles. The van der Waals surface area contributed by atoms with Crippen molar-refractivity contribution in [3.8, 4) is 0 Å². The minimum absolute atomic E-state index is 0.387. The number of nitrogens with zero attached hydrogens (tertiary/aromatic N) is 2. The maximum absolute atomic E-state index is 5.83. The zero-order valence-corrected chi connectivity index (χ0v) is 10.7. The number of rotatable bonds is 3. The fraction of sp³-hybridized carbons (Fsp3) is 0.818. The van der Waals surface area contributed by atoms with Crippen LogP contribution in [0.5, 0.6) is 0 Å².